The van der Waals surface area contributed by atoms with E-state index in [1.165, 1.54) is 5.57 Å². The SMILES string of the molecule is CC1=CCCC2(C)C(CCC2(O)CN(Cc2cccc3ccccc23)CC(O)CO)c2ccc(cc2C(=O)c2ccccc2-c2ccccc2)CC(O)CC1. The van der Waals surface area contributed by atoms with Gasteiger partial charge in [0.1, 0.15) is 0 Å². The topological polar surface area (TPSA) is 101 Å². The lowest BCUT2D eigenvalue weighted by atomic mass is 9.64. The summed E-state index contributed by atoms with van der Waals surface area (Å²) in [5, 5.41) is 47.3. The molecule has 0 heterocycles. The molecule has 0 saturated heterocycles. The zero-order chi connectivity index (χ0) is 38.6. The number of rotatable bonds is 10. The van der Waals surface area contributed by atoms with Gasteiger partial charge in [0.2, 0.25) is 0 Å². The third kappa shape index (κ3) is 8.25. The molecule has 6 heteroatoms. The first-order valence-corrected chi connectivity index (χ1v) is 19.9. The Morgan fingerprint density at radius 2 is 1.62 bits per heavy atom. The first kappa shape index (κ1) is 38.8. The third-order valence-electron chi connectivity index (χ3n) is 12.6. The molecule has 1 fully saturated rings. The van der Waals surface area contributed by atoms with Crippen LogP contribution in [0.5, 0.6) is 0 Å². The van der Waals surface area contributed by atoms with Crippen molar-refractivity contribution in [2.45, 2.75) is 89.1 Å². The standard InChI is InChI=1S/C49H55NO5/c1-34-12-11-26-48(2)46(25-27-49(48,55)33-50(31-40(53)32-51)30-38-17-10-16-36-15-6-7-18-41(36)38)43-24-22-35(28-39(52)23-21-34)29-45(43)47(54)44-20-9-8-19-42(44)37-13-4-3-5-14-37/h3-10,12-20,22,24,29,39-40,46,51-53,55H,11,21,23,25-28,30-33H2,1-2H3. The van der Waals surface area contributed by atoms with E-state index in [1.807, 2.05) is 78.9 Å². The second-order valence-electron chi connectivity index (χ2n) is 16.3. The predicted octanol–water partition coefficient (Wildman–Crippen LogP) is 8.63. The van der Waals surface area contributed by atoms with Gasteiger partial charge in [0, 0.05) is 36.2 Å². The Morgan fingerprint density at radius 3 is 2.44 bits per heavy atom. The molecule has 5 aromatic rings. The fourth-order valence-corrected chi connectivity index (χ4v) is 9.47. The second-order valence-corrected chi connectivity index (χ2v) is 16.3. The molecule has 0 amide bonds. The maximum absolute atomic E-state index is 15.0. The Labute approximate surface area is 325 Å². The van der Waals surface area contributed by atoms with Crippen LogP contribution in [0.25, 0.3) is 21.9 Å². The van der Waals surface area contributed by atoms with E-state index in [0.29, 0.717) is 56.3 Å². The number of carbonyl (C=O) groups is 1. The average molecular weight is 738 g/mol. The molecule has 0 radical (unpaired) electrons. The van der Waals surface area contributed by atoms with Crippen LogP contribution in [0.4, 0.5) is 0 Å². The van der Waals surface area contributed by atoms with Crippen LogP contribution >= 0.6 is 0 Å². The van der Waals surface area contributed by atoms with Crippen LogP contribution in [0.3, 0.4) is 0 Å². The molecule has 286 valence electrons. The summed E-state index contributed by atoms with van der Waals surface area (Å²) in [5.41, 5.74) is 5.45. The third-order valence-corrected chi connectivity index (χ3v) is 12.6. The molecule has 55 heavy (non-hydrogen) atoms. The van der Waals surface area contributed by atoms with Gasteiger partial charge >= 0.3 is 0 Å². The van der Waals surface area contributed by atoms with E-state index >= 15 is 4.79 Å². The van der Waals surface area contributed by atoms with Crippen LogP contribution in [0.1, 0.15) is 90.9 Å². The van der Waals surface area contributed by atoms with Crippen LogP contribution in [0.15, 0.2) is 127 Å². The molecule has 3 aliphatic rings. The van der Waals surface area contributed by atoms with Gasteiger partial charge in [-0.15, -0.1) is 0 Å². The Morgan fingerprint density at radius 1 is 0.873 bits per heavy atom. The van der Waals surface area contributed by atoms with Crippen molar-refractivity contribution in [1.29, 1.82) is 0 Å². The van der Waals surface area contributed by atoms with Gasteiger partial charge in [-0.2, -0.15) is 0 Å². The zero-order valence-electron chi connectivity index (χ0n) is 32.2. The van der Waals surface area contributed by atoms with Crippen LogP contribution in [-0.2, 0) is 13.0 Å². The first-order valence-electron chi connectivity index (χ1n) is 19.9. The van der Waals surface area contributed by atoms with Crippen LogP contribution < -0.4 is 0 Å². The lowest BCUT2D eigenvalue weighted by molar-refractivity contribution is -0.0907. The number of nitrogens with zero attached hydrogens (tertiary/aromatic N) is 1. The quantitative estimate of drug-likeness (QED) is 0.0846. The molecule has 2 bridgehead atoms. The van der Waals surface area contributed by atoms with E-state index in [1.54, 1.807) is 0 Å². The van der Waals surface area contributed by atoms with Crippen LogP contribution in [-0.4, -0.2) is 68.6 Å². The maximum atomic E-state index is 15.0. The molecule has 5 unspecified atom stereocenters. The molecule has 0 aromatic heterocycles. The molecule has 4 N–H and O–H groups in total. The van der Waals surface area contributed by atoms with E-state index in [-0.39, 0.29) is 24.9 Å². The van der Waals surface area contributed by atoms with Gasteiger partial charge in [-0.3, -0.25) is 9.69 Å². The number of carbonyl (C=O) groups excluding carboxylic acids is 1. The fourth-order valence-electron chi connectivity index (χ4n) is 9.47. The molecule has 5 atom stereocenters. The van der Waals surface area contributed by atoms with Crippen molar-refractivity contribution >= 4 is 16.6 Å². The van der Waals surface area contributed by atoms with E-state index in [2.05, 4.69) is 61.2 Å². The molecule has 8 rings (SSSR count). The van der Waals surface area contributed by atoms with Gasteiger partial charge in [0.25, 0.3) is 0 Å². The molecule has 0 aliphatic heterocycles. The van der Waals surface area contributed by atoms with Crippen LogP contribution in [0.2, 0.25) is 0 Å². The molecule has 1 saturated carbocycles. The highest BCUT2D eigenvalue weighted by molar-refractivity contribution is 6.13. The summed E-state index contributed by atoms with van der Waals surface area (Å²) in [6.45, 7) is 4.95. The predicted molar refractivity (Wildman–Crippen MR) is 221 cm³/mol. The monoisotopic (exact) mass is 737 g/mol. The minimum absolute atomic E-state index is 0.0601. The van der Waals surface area contributed by atoms with E-state index in [4.69, 9.17) is 0 Å². The van der Waals surface area contributed by atoms with E-state index in [9.17, 15) is 20.4 Å². The Hall–Kier alpha value is -4.43. The van der Waals surface area contributed by atoms with Gasteiger partial charge in [-0.1, -0.05) is 128 Å². The maximum Gasteiger partial charge on any atom is 0.193 e. The molecular formula is C49H55NO5. The number of aliphatic hydroxyl groups excluding tert-OH is 3. The van der Waals surface area contributed by atoms with Gasteiger partial charge in [0.05, 0.1) is 24.4 Å². The average Bonchev–Trinajstić information content (AvgIpc) is 3.45. The highest BCUT2D eigenvalue weighted by atomic mass is 16.3. The first-order chi connectivity index (χ1) is 26.6. The van der Waals surface area contributed by atoms with Crippen molar-refractivity contribution in [2.24, 2.45) is 5.41 Å². The lowest BCUT2D eigenvalue weighted by Gasteiger charge is -2.46. The Kier molecular flexibility index (Phi) is 11.8. The highest BCUT2D eigenvalue weighted by Gasteiger charge is 2.57. The van der Waals surface area contributed by atoms with Gasteiger partial charge in [0.15, 0.2) is 5.78 Å². The van der Waals surface area contributed by atoms with Crippen molar-refractivity contribution in [2.75, 3.05) is 19.7 Å². The Balaban J connectivity index is 1.32. The number of hydrogen-bond acceptors (Lipinski definition) is 6. The normalized spacial score (nSPS) is 23.7. The largest absolute Gasteiger partial charge is 0.394 e. The summed E-state index contributed by atoms with van der Waals surface area (Å²) in [4.78, 5) is 17.1. The van der Waals surface area contributed by atoms with Crippen molar-refractivity contribution in [3.05, 3.63) is 155 Å². The van der Waals surface area contributed by atoms with Crippen molar-refractivity contribution in [3.63, 3.8) is 0 Å². The summed E-state index contributed by atoms with van der Waals surface area (Å²) >= 11 is 0. The van der Waals surface area contributed by atoms with Crippen molar-refractivity contribution in [3.8, 4) is 11.1 Å². The second kappa shape index (κ2) is 16.7. The van der Waals surface area contributed by atoms with Gasteiger partial charge in [-0.05, 0) is 102 Å². The van der Waals surface area contributed by atoms with Gasteiger partial charge in [-0.25, -0.2) is 0 Å². The minimum atomic E-state index is -1.17. The number of hydrogen-bond donors (Lipinski definition) is 4. The molecule has 3 aliphatic carbocycles. The summed E-state index contributed by atoms with van der Waals surface area (Å²) in [6.07, 6.45) is 5.27. The molecule has 0 spiro atoms. The molecule has 5 aromatic carbocycles. The number of benzene rings is 5. The van der Waals surface area contributed by atoms with Crippen molar-refractivity contribution < 1.29 is 25.2 Å². The molecular weight excluding hydrogens is 683 g/mol. The minimum Gasteiger partial charge on any atom is -0.394 e. The number of fused-ring (bicyclic) bond motifs is 9. The smallest absolute Gasteiger partial charge is 0.193 e. The van der Waals surface area contributed by atoms with Gasteiger partial charge < -0.3 is 20.4 Å². The molecule has 6 nitrogen and oxygen atoms in total. The summed E-state index contributed by atoms with van der Waals surface area (Å²) < 4.78 is 0. The Bertz CT molecular complexity index is 2140. The zero-order valence-corrected chi connectivity index (χ0v) is 32.2. The fraction of sp³-hybridized carbons (Fsp3) is 0.367. The van der Waals surface area contributed by atoms with E-state index < -0.39 is 23.2 Å². The van der Waals surface area contributed by atoms with Crippen molar-refractivity contribution in [1.82, 2.24) is 4.90 Å². The van der Waals surface area contributed by atoms with Crippen LogP contribution in [0, 0.1) is 5.41 Å². The number of allylic oxidation sites excluding steroid dienone is 2. The summed E-state index contributed by atoms with van der Waals surface area (Å²) in [5.74, 6) is -0.201. The summed E-state index contributed by atoms with van der Waals surface area (Å²) in [6, 6.07) is 38.4. The van der Waals surface area contributed by atoms with E-state index in [0.717, 1.165) is 51.4 Å². The summed E-state index contributed by atoms with van der Waals surface area (Å²) in [7, 11) is 0. The lowest BCUT2D eigenvalue weighted by Crippen LogP contribution is -2.53. The number of aliphatic hydroxyl groups is 4. The highest BCUT2D eigenvalue weighted by Crippen LogP contribution is 2.59. The number of ketones is 1.